The number of nitrogens with one attached hydrogen (secondary N) is 1. The zero-order chi connectivity index (χ0) is 13.8. The quantitative estimate of drug-likeness (QED) is 0.860. The fraction of sp³-hybridized carbons (Fsp3) is 0.933. The monoisotopic (exact) mass is 303 g/mol. The van der Waals surface area contributed by atoms with E-state index in [-0.39, 0.29) is 12.4 Å². The van der Waals surface area contributed by atoms with Crippen LogP contribution < -0.4 is 5.32 Å². The zero-order valence-electron chi connectivity index (χ0n) is 13.1. The van der Waals surface area contributed by atoms with E-state index in [0.29, 0.717) is 30.3 Å². The van der Waals surface area contributed by atoms with Crippen LogP contribution in [0, 0.1) is 11.8 Å². The van der Waals surface area contributed by atoms with Crippen LogP contribution in [0.15, 0.2) is 0 Å². The number of amides is 1. The van der Waals surface area contributed by atoms with Crippen molar-refractivity contribution in [1.82, 2.24) is 15.1 Å². The SMILES string of the molecule is CNC1CCN(CC(=O)N2CC(C)CC(C)C2)CC1.Cl. The fourth-order valence-corrected chi connectivity index (χ4v) is 3.54. The van der Waals surface area contributed by atoms with Crippen LogP contribution in [0.3, 0.4) is 0 Å². The molecule has 1 amide bonds. The lowest BCUT2D eigenvalue weighted by Crippen LogP contribution is -2.49. The van der Waals surface area contributed by atoms with Crippen LogP contribution >= 0.6 is 12.4 Å². The Morgan fingerprint density at radius 2 is 1.70 bits per heavy atom. The lowest BCUT2D eigenvalue weighted by Gasteiger charge is -2.37. The molecule has 5 heteroatoms. The molecule has 2 aliphatic heterocycles. The van der Waals surface area contributed by atoms with Crippen LogP contribution in [0.4, 0.5) is 0 Å². The van der Waals surface area contributed by atoms with E-state index in [0.717, 1.165) is 39.0 Å². The number of piperidine rings is 2. The second-order valence-corrected chi connectivity index (χ2v) is 6.58. The van der Waals surface area contributed by atoms with Crippen LogP contribution in [0.1, 0.15) is 33.1 Å². The number of rotatable bonds is 3. The molecule has 2 atom stereocenters. The number of hydrogen-bond donors (Lipinski definition) is 1. The number of halogens is 1. The molecule has 0 saturated carbocycles. The minimum atomic E-state index is 0. The third-order valence-electron chi connectivity index (χ3n) is 4.58. The van der Waals surface area contributed by atoms with Gasteiger partial charge in [-0.3, -0.25) is 9.69 Å². The van der Waals surface area contributed by atoms with Crippen molar-refractivity contribution in [1.29, 1.82) is 0 Å². The average Bonchev–Trinajstić information content (AvgIpc) is 2.38. The molecule has 2 rings (SSSR count). The van der Waals surface area contributed by atoms with Gasteiger partial charge < -0.3 is 10.2 Å². The molecular formula is C15H30ClN3O. The summed E-state index contributed by atoms with van der Waals surface area (Å²) in [6, 6.07) is 0.640. The molecule has 2 heterocycles. The van der Waals surface area contributed by atoms with Crippen molar-refractivity contribution >= 4 is 18.3 Å². The van der Waals surface area contributed by atoms with Gasteiger partial charge in [-0.15, -0.1) is 12.4 Å². The number of carbonyl (C=O) groups is 1. The van der Waals surface area contributed by atoms with Gasteiger partial charge in [0, 0.05) is 32.2 Å². The van der Waals surface area contributed by atoms with E-state index >= 15 is 0 Å². The summed E-state index contributed by atoms with van der Waals surface area (Å²) < 4.78 is 0. The summed E-state index contributed by atoms with van der Waals surface area (Å²) in [5, 5.41) is 3.33. The van der Waals surface area contributed by atoms with Gasteiger partial charge in [-0.2, -0.15) is 0 Å². The van der Waals surface area contributed by atoms with Gasteiger partial charge in [0.05, 0.1) is 6.54 Å². The minimum absolute atomic E-state index is 0. The molecule has 0 spiro atoms. The smallest absolute Gasteiger partial charge is 0.236 e. The molecule has 0 radical (unpaired) electrons. The highest BCUT2D eigenvalue weighted by Crippen LogP contribution is 2.21. The van der Waals surface area contributed by atoms with Gasteiger partial charge in [0.1, 0.15) is 0 Å². The van der Waals surface area contributed by atoms with Crippen molar-refractivity contribution < 1.29 is 4.79 Å². The normalized spacial score (nSPS) is 29.1. The summed E-state index contributed by atoms with van der Waals surface area (Å²) >= 11 is 0. The second kappa shape index (κ2) is 8.20. The lowest BCUT2D eigenvalue weighted by atomic mass is 9.92. The molecule has 0 aromatic rings. The van der Waals surface area contributed by atoms with Gasteiger partial charge >= 0.3 is 0 Å². The number of nitrogens with zero attached hydrogens (tertiary/aromatic N) is 2. The molecule has 2 saturated heterocycles. The highest BCUT2D eigenvalue weighted by molar-refractivity contribution is 5.85. The summed E-state index contributed by atoms with van der Waals surface area (Å²) in [6.07, 6.45) is 3.59. The molecular weight excluding hydrogens is 274 g/mol. The Morgan fingerprint density at radius 3 is 2.20 bits per heavy atom. The lowest BCUT2D eigenvalue weighted by molar-refractivity contribution is -0.135. The Hall–Kier alpha value is -0.320. The van der Waals surface area contributed by atoms with Crippen LogP contribution in [0.25, 0.3) is 0 Å². The first-order valence-electron chi connectivity index (χ1n) is 7.76. The summed E-state index contributed by atoms with van der Waals surface area (Å²) in [6.45, 7) is 9.15. The first-order chi connectivity index (χ1) is 9.08. The molecule has 0 aliphatic carbocycles. The largest absolute Gasteiger partial charge is 0.341 e. The van der Waals surface area contributed by atoms with Crippen molar-refractivity contribution in [2.75, 3.05) is 39.8 Å². The Morgan fingerprint density at radius 1 is 1.15 bits per heavy atom. The van der Waals surface area contributed by atoms with Crippen LogP contribution in [-0.2, 0) is 4.79 Å². The highest BCUT2D eigenvalue weighted by atomic mass is 35.5. The van der Waals surface area contributed by atoms with E-state index in [9.17, 15) is 4.79 Å². The standard InChI is InChI=1S/C15H29N3O.ClH/c1-12-8-13(2)10-18(9-12)15(19)11-17-6-4-14(16-3)5-7-17;/h12-14,16H,4-11H2,1-3H3;1H. The Labute approximate surface area is 129 Å². The van der Waals surface area contributed by atoms with Crippen LogP contribution in [0.2, 0.25) is 0 Å². The van der Waals surface area contributed by atoms with Crippen molar-refractivity contribution in [3.63, 3.8) is 0 Å². The van der Waals surface area contributed by atoms with E-state index in [4.69, 9.17) is 0 Å². The van der Waals surface area contributed by atoms with E-state index in [2.05, 4.69) is 29.0 Å². The zero-order valence-corrected chi connectivity index (χ0v) is 13.9. The molecule has 0 aromatic carbocycles. The van der Waals surface area contributed by atoms with Crippen molar-refractivity contribution in [2.45, 2.75) is 39.2 Å². The molecule has 4 nitrogen and oxygen atoms in total. The second-order valence-electron chi connectivity index (χ2n) is 6.58. The topological polar surface area (TPSA) is 35.6 Å². The van der Waals surface area contributed by atoms with Crippen molar-refractivity contribution in [2.24, 2.45) is 11.8 Å². The molecule has 2 unspecified atom stereocenters. The first-order valence-corrected chi connectivity index (χ1v) is 7.76. The predicted molar refractivity (Wildman–Crippen MR) is 85.3 cm³/mol. The minimum Gasteiger partial charge on any atom is -0.341 e. The third-order valence-corrected chi connectivity index (χ3v) is 4.58. The summed E-state index contributed by atoms with van der Waals surface area (Å²) in [4.78, 5) is 16.8. The van der Waals surface area contributed by atoms with Crippen molar-refractivity contribution in [3.8, 4) is 0 Å². The van der Waals surface area contributed by atoms with Gasteiger partial charge in [0.2, 0.25) is 5.91 Å². The highest BCUT2D eigenvalue weighted by Gasteiger charge is 2.27. The molecule has 2 fully saturated rings. The fourth-order valence-electron chi connectivity index (χ4n) is 3.54. The molecule has 0 aromatic heterocycles. The van der Waals surface area contributed by atoms with Crippen LogP contribution in [-0.4, -0.2) is 61.5 Å². The average molecular weight is 304 g/mol. The maximum absolute atomic E-state index is 12.4. The van der Waals surface area contributed by atoms with E-state index < -0.39 is 0 Å². The van der Waals surface area contributed by atoms with E-state index in [1.165, 1.54) is 6.42 Å². The third kappa shape index (κ3) is 4.90. The first kappa shape index (κ1) is 17.7. The number of carbonyl (C=O) groups excluding carboxylic acids is 1. The summed E-state index contributed by atoms with van der Waals surface area (Å²) in [5.74, 6) is 1.65. The Balaban J connectivity index is 0.00000200. The Kier molecular flexibility index (Phi) is 7.27. The van der Waals surface area contributed by atoms with E-state index in [1.54, 1.807) is 0 Å². The summed E-state index contributed by atoms with van der Waals surface area (Å²) in [5.41, 5.74) is 0. The van der Waals surface area contributed by atoms with Gasteiger partial charge in [-0.1, -0.05) is 13.8 Å². The van der Waals surface area contributed by atoms with Gasteiger partial charge in [-0.05, 0) is 38.1 Å². The molecule has 20 heavy (non-hydrogen) atoms. The van der Waals surface area contributed by atoms with E-state index in [1.807, 2.05) is 7.05 Å². The maximum Gasteiger partial charge on any atom is 0.236 e. The maximum atomic E-state index is 12.4. The summed E-state index contributed by atoms with van der Waals surface area (Å²) in [7, 11) is 2.03. The van der Waals surface area contributed by atoms with Gasteiger partial charge in [0.15, 0.2) is 0 Å². The molecule has 1 N–H and O–H groups in total. The molecule has 0 bridgehead atoms. The Bertz CT molecular complexity index is 295. The predicted octanol–water partition coefficient (Wildman–Crippen LogP) is 1.60. The van der Waals surface area contributed by atoms with Gasteiger partial charge in [-0.25, -0.2) is 0 Å². The molecule has 2 aliphatic rings. The van der Waals surface area contributed by atoms with Crippen LogP contribution in [0.5, 0.6) is 0 Å². The van der Waals surface area contributed by atoms with Gasteiger partial charge in [0.25, 0.3) is 0 Å². The van der Waals surface area contributed by atoms with Crippen molar-refractivity contribution in [3.05, 3.63) is 0 Å². The number of likely N-dealkylation sites (tertiary alicyclic amines) is 2. The number of hydrogen-bond acceptors (Lipinski definition) is 3. The molecule has 118 valence electrons.